The number of hydrogen-bond acceptors (Lipinski definition) is 4. The molecule has 0 radical (unpaired) electrons. The molecule has 3 aromatic heterocycles. The summed E-state index contributed by atoms with van der Waals surface area (Å²) in [5, 5.41) is 20.7. The van der Waals surface area contributed by atoms with E-state index in [9.17, 15) is 0 Å². The van der Waals surface area contributed by atoms with Gasteiger partial charge in [0.25, 0.3) is 0 Å². The molecule has 496 valence electrons. The highest BCUT2D eigenvalue weighted by Crippen LogP contribution is 2.56. The van der Waals surface area contributed by atoms with Gasteiger partial charge in [0.2, 0.25) is 0 Å². The van der Waals surface area contributed by atoms with E-state index in [0.717, 1.165) is 83.7 Å². The first-order valence-corrected chi connectivity index (χ1v) is 37.4. The van der Waals surface area contributed by atoms with E-state index in [2.05, 4.69) is 300 Å². The second kappa shape index (κ2) is 24.3. The van der Waals surface area contributed by atoms with Gasteiger partial charge in [-0.3, -0.25) is 0 Å². The number of hydrogen-bond donors (Lipinski definition) is 0. The number of para-hydroxylation sites is 2. The first-order valence-electron chi connectivity index (χ1n) is 36.6. The summed E-state index contributed by atoms with van der Waals surface area (Å²) in [6, 6.07) is 126. The Hall–Kier alpha value is -13.5. The molecule has 0 aliphatic heterocycles. The number of benzene rings is 18. The van der Waals surface area contributed by atoms with Crippen molar-refractivity contribution in [1.82, 2.24) is 24.5 Å². The maximum atomic E-state index is 5.18. The molecule has 107 heavy (non-hydrogen) atoms. The van der Waals surface area contributed by atoms with Crippen LogP contribution < -0.4 is 0 Å². The van der Waals surface area contributed by atoms with Gasteiger partial charge in [-0.25, -0.2) is 19.9 Å². The van der Waals surface area contributed by atoms with Crippen molar-refractivity contribution in [2.45, 2.75) is 6.42 Å². The number of halogens is 1. The van der Waals surface area contributed by atoms with Crippen LogP contribution in [-0.4, -0.2) is 24.5 Å². The van der Waals surface area contributed by atoms with Crippen LogP contribution in [0.4, 0.5) is 0 Å². The van der Waals surface area contributed by atoms with Gasteiger partial charge in [-0.15, -0.1) is 0 Å². The molecule has 0 bridgehead atoms. The van der Waals surface area contributed by atoms with Gasteiger partial charge < -0.3 is 4.57 Å². The molecular formula is C101H60BrN5. The summed E-state index contributed by atoms with van der Waals surface area (Å²) in [6.07, 6.45) is 1.01. The molecular weight excluding hydrogens is 1360 g/mol. The predicted molar refractivity (Wildman–Crippen MR) is 451 cm³/mol. The number of fused-ring (bicyclic) bond motifs is 26. The Bertz CT molecular complexity index is 7330. The van der Waals surface area contributed by atoms with Crippen LogP contribution in [0.1, 0.15) is 11.1 Å². The Balaban J connectivity index is 0.000000111. The van der Waals surface area contributed by atoms with Crippen molar-refractivity contribution in [3.63, 3.8) is 0 Å². The van der Waals surface area contributed by atoms with Gasteiger partial charge in [-0.05, 0) is 188 Å². The standard InChI is InChI=1S/C50H29N3.C31H18.C20H13BrN2/c1-2-13-30(14-3-1)47-40-21-10-11-24-44(40)51-50(52-47)31-25-27-32(28-26-31)53-48-41-23-12-22-37-34-16-4-5-18-36(34)42(45(37)41)29-43(48)46-38-19-8-6-15-33(38)35-17-7-9-20-39(35)49(46)53;1-3-11-21-18(8-1)19-9-5-6-13-23(19)31-27(21)16-26-25-15-7-14-24-20-10-2-4-12-22(20)28(30(24)25)17-29(26)31;21-16-12-10-15(11-13-16)20-22-18-9-5-4-8-17(18)19(23-20)14-6-2-1-3-7-14/h1-29H;1-15,17H,16H2;1-13H. The van der Waals surface area contributed by atoms with Crippen LogP contribution in [0.25, 0.3) is 215 Å². The highest BCUT2D eigenvalue weighted by molar-refractivity contribution is 9.10. The zero-order valence-electron chi connectivity index (χ0n) is 57.8. The van der Waals surface area contributed by atoms with E-state index in [1.807, 2.05) is 72.8 Å². The first kappa shape index (κ1) is 61.0. The average molecular weight is 1420 g/mol. The molecule has 3 aliphatic rings. The third-order valence-corrected chi connectivity index (χ3v) is 23.0. The van der Waals surface area contributed by atoms with Gasteiger partial charge >= 0.3 is 0 Å². The number of aromatic nitrogens is 5. The van der Waals surface area contributed by atoms with E-state index in [1.165, 1.54) is 153 Å². The van der Waals surface area contributed by atoms with Crippen LogP contribution in [0.5, 0.6) is 0 Å². The number of nitrogens with zero attached hydrogens (tertiary/aromatic N) is 5. The minimum Gasteiger partial charge on any atom is -0.308 e. The van der Waals surface area contributed by atoms with Gasteiger partial charge in [0, 0.05) is 64.7 Å². The Morgan fingerprint density at radius 1 is 0.234 bits per heavy atom. The monoisotopic (exact) mass is 1420 g/mol. The number of rotatable bonds is 5. The lowest BCUT2D eigenvalue weighted by Crippen LogP contribution is -1.98. The molecule has 6 heteroatoms. The molecule has 0 saturated heterocycles. The van der Waals surface area contributed by atoms with Crippen LogP contribution in [0.15, 0.2) is 356 Å². The van der Waals surface area contributed by atoms with Crippen molar-refractivity contribution < 1.29 is 0 Å². The molecule has 0 saturated carbocycles. The van der Waals surface area contributed by atoms with Crippen LogP contribution >= 0.6 is 15.9 Å². The molecule has 3 heterocycles. The van der Waals surface area contributed by atoms with Crippen molar-refractivity contribution in [2.24, 2.45) is 0 Å². The molecule has 0 fully saturated rings. The molecule has 5 nitrogen and oxygen atoms in total. The zero-order valence-corrected chi connectivity index (χ0v) is 59.4. The average Bonchev–Trinajstić information content (AvgIpc) is 1.45. The van der Waals surface area contributed by atoms with E-state index in [0.29, 0.717) is 0 Å². The van der Waals surface area contributed by atoms with Crippen LogP contribution in [0.3, 0.4) is 0 Å². The highest BCUT2D eigenvalue weighted by Gasteiger charge is 2.32. The molecule has 0 unspecified atom stereocenters. The lowest BCUT2D eigenvalue weighted by molar-refractivity contribution is 1.18. The molecule has 21 aromatic rings. The van der Waals surface area contributed by atoms with Gasteiger partial charge in [0.05, 0.1) is 33.5 Å². The summed E-state index contributed by atoms with van der Waals surface area (Å²) >= 11 is 3.47. The minimum atomic E-state index is 0.719. The largest absolute Gasteiger partial charge is 0.308 e. The van der Waals surface area contributed by atoms with E-state index < -0.39 is 0 Å². The second-order valence-electron chi connectivity index (χ2n) is 28.2. The van der Waals surface area contributed by atoms with Gasteiger partial charge in [0.1, 0.15) is 0 Å². The molecule has 0 amide bonds. The molecule has 24 rings (SSSR count). The summed E-state index contributed by atoms with van der Waals surface area (Å²) in [5.41, 5.74) is 28.1. The van der Waals surface area contributed by atoms with E-state index in [-0.39, 0.29) is 0 Å². The van der Waals surface area contributed by atoms with Crippen molar-refractivity contribution in [3.05, 3.63) is 367 Å². The summed E-state index contributed by atoms with van der Waals surface area (Å²) in [7, 11) is 0. The Morgan fingerprint density at radius 3 is 1.21 bits per heavy atom. The summed E-state index contributed by atoms with van der Waals surface area (Å²) in [4.78, 5) is 19.8. The smallest absolute Gasteiger partial charge is 0.160 e. The van der Waals surface area contributed by atoms with Gasteiger partial charge in [-0.2, -0.15) is 0 Å². The third kappa shape index (κ3) is 9.49. The van der Waals surface area contributed by atoms with E-state index in [1.54, 1.807) is 0 Å². The summed E-state index contributed by atoms with van der Waals surface area (Å²) in [5.74, 6) is 1.46. The summed E-state index contributed by atoms with van der Waals surface area (Å²) in [6.45, 7) is 0. The Morgan fingerprint density at radius 2 is 0.636 bits per heavy atom. The normalized spacial score (nSPS) is 12.1. The molecule has 0 spiro atoms. The Kier molecular flexibility index (Phi) is 13.9. The van der Waals surface area contributed by atoms with Crippen LogP contribution in [-0.2, 0) is 6.42 Å². The molecule has 0 atom stereocenters. The lowest BCUT2D eigenvalue weighted by atomic mass is 9.90. The van der Waals surface area contributed by atoms with Crippen molar-refractivity contribution in [1.29, 1.82) is 0 Å². The van der Waals surface area contributed by atoms with Crippen molar-refractivity contribution >= 4 is 124 Å². The minimum absolute atomic E-state index is 0.719. The van der Waals surface area contributed by atoms with Crippen LogP contribution in [0, 0.1) is 0 Å². The fraction of sp³-hybridized carbons (Fsp3) is 0.00990. The highest BCUT2D eigenvalue weighted by atomic mass is 79.9. The SMILES string of the molecule is Brc1ccc(-c2nc(-c3ccccc3)c3ccccc3n2)cc1.c1ccc(-c2nc(-c3ccc(-n4c5c6cccc7c6c(cc5c5c6ccccc6c6ccccc6c54)-c4ccccc4-7)cc3)nc3ccccc23)cc1.c1ccc2c(c1)-c1cccc3c4c(cc-2c13)-c1c(c2ccccc2c2ccccc12)C4. The molecule has 18 aromatic carbocycles. The zero-order chi connectivity index (χ0) is 70.4. The van der Waals surface area contributed by atoms with Crippen LogP contribution in [0.2, 0.25) is 0 Å². The third-order valence-electron chi connectivity index (χ3n) is 22.5. The topological polar surface area (TPSA) is 56.5 Å². The quantitative estimate of drug-likeness (QED) is 0.161. The second-order valence-corrected chi connectivity index (χ2v) is 29.1. The van der Waals surface area contributed by atoms with Gasteiger partial charge in [-0.1, -0.05) is 307 Å². The fourth-order valence-electron chi connectivity index (χ4n) is 17.9. The van der Waals surface area contributed by atoms with Crippen molar-refractivity contribution in [2.75, 3.05) is 0 Å². The fourth-order valence-corrected chi connectivity index (χ4v) is 18.2. The molecule has 0 N–H and O–H groups in total. The first-order chi connectivity index (χ1) is 53.0. The summed E-state index contributed by atoms with van der Waals surface area (Å²) < 4.78 is 3.57. The Labute approximate surface area is 624 Å². The van der Waals surface area contributed by atoms with E-state index >= 15 is 0 Å². The van der Waals surface area contributed by atoms with Crippen molar-refractivity contribution in [3.8, 4) is 107 Å². The maximum Gasteiger partial charge on any atom is 0.160 e. The van der Waals surface area contributed by atoms with E-state index in [4.69, 9.17) is 19.9 Å². The lowest BCUT2D eigenvalue weighted by Gasteiger charge is -2.14. The maximum absolute atomic E-state index is 5.18. The van der Waals surface area contributed by atoms with Gasteiger partial charge in [0.15, 0.2) is 11.6 Å². The predicted octanol–water partition coefficient (Wildman–Crippen LogP) is 27.3. The molecule has 3 aliphatic carbocycles.